The zero-order valence-corrected chi connectivity index (χ0v) is 13.5. The van der Waals surface area contributed by atoms with Crippen molar-refractivity contribution in [3.63, 3.8) is 0 Å². The molecule has 5 heteroatoms. The number of likely N-dealkylation sites (tertiary alicyclic amines) is 1. The Labute approximate surface area is 132 Å². The molecule has 1 N–H and O–H groups in total. The Morgan fingerprint density at radius 3 is 2.77 bits per heavy atom. The molecule has 3 rings (SSSR count). The number of fused-ring (bicyclic) bond motifs is 1. The highest BCUT2D eigenvalue weighted by Gasteiger charge is 2.22. The van der Waals surface area contributed by atoms with Crippen LogP contribution in [0.25, 0.3) is 0 Å². The molecule has 1 unspecified atom stereocenters. The molecule has 0 aliphatic carbocycles. The van der Waals surface area contributed by atoms with E-state index in [-0.39, 0.29) is 6.79 Å². The highest BCUT2D eigenvalue weighted by molar-refractivity contribution is 5.45. The van der Waals surface area contributed by atoms with E-state index in [9.17, 15) is 5.11 Å². The first-order valence-electron chi connectivity index (χ1n) is 8.10. The van der Waals surface area contributed by atoms with Crippen LogP contribution >= 0.6 is 0 Å². The Morgan fingerprint density at radius 2 is 2.00 bits per heavy atom. The Morgan fingerprint density at radius 1 is 1.27 bits per heavy atom. The monoisotopic (exact) mass is 306 g/mol. The fourth-order valence-electron chi connectivity index (χ4n) is 3.23. The number of ether oxygens (including phenoxy) is 2. The van der Waals surface area contributed by atoms with Crippen molar-refractivity contribution in [2.75, 3.05) is 40.5 Å². The van der Waals surface area contributed by atoms with Crippen molar-refractivity contribution in [2.24, 2.45) is 0 Å². The number of aliphatic hydroxyl groups excluding tert-OH is 1. The maximum atomic E-state index is 10.4. The van der Waals surface area contributed by atoms with Crippen molar-refractivity contribution >= 4 is 0 Å². The fourth-order valence-corrected chi connectivity index (χ4v) is 3.23. The molecule has 0 bridgehead atoms. The van der Waals surface area contributed by atoms with E-state index in [4.69, 9.17) is 9.47 Å². The van der Waals surface area contributed by atoms with Crippen LogP contribution in [0.3, 0.4) is 0 Å². The van der Waals surface area contributed by atoms with Crippen LogP contribution in [0.5, 0.6) is 11.5 Å². The Hall–Kier alpha value is -1.30. The minimum atomic E-state index is -0.455. The van der Waals surface area contributed by atoms with Crippen LogP contribution in [0.4, 0.5) is 0 Å². The van der Waals surface area contributed by atoms with E-state index in [1.807, 2.05) is 18.2 Å². The predicted molar refractivity (Wildman–Crippen MR) is 85.3 cm³/mol. The molecule has 1 saturated heterocycles. The summed E-state index contributed by atoms with van der Waals surface area (Å²) in [6.45, 7) is 3.51. The molecule has 0 spiro atoms. The maximum absolute atomic E-state index is 10.4. The second-order valence-electron chi connectivity index (χ2n) is 6.43. The van der Waals surface area contributed by atoms with Crippen LogP contribution in [0.1, 0.15) is 30.9 Å². The van der Waals surface area contributed by atoms with E-state index in [2.05, 4.69) is 23.9 Å². The standard InChI is InChI=1S/C17H26N2O3/c1-18-8-5-14(6-9-18)19(2)10-7-15(20)13-3-4-16-17(11-13)22-12-21-16/h3-4,11,14-15,20H,5-10,12H2,1-2H3. The molecule has 0 amide bonds. The molecule has 0 radical (unpaired) electrons. The van der Waals surface area contributed by atoms with E-state index in [1.165, 1.54) is 25.9 Å². The van der Waals surface area contributed by atoms with Gasteiger partial charge in [0.15, 0.2) is 11.5 Å². The second-order valence-corrected chi connectivity index (χ2v) is 6.43. The quantitative estimate of drug-likeness (QED) is 0.900. The zero-order chi connectivity index (χ0) is 15.5. The number of hydrogen-bond acceptors (Lipinski definition) is 5. The lowest BCUT2D eigenvalue weighted by atomic mass is 10.0. The predicted octanol–water partition coefficient (Wildman–Crippen LogP) is 1.86. The summed E-state index contributed by atoms with van der Waals surface area (Å²) in [6, 6.07) is 6.33. The van der Waals surface area contributed by atoms with Gasteiger partial charge in [0.1, 0.15) is 0 Å². The molecule has 5 nitrogen and oxygen atoms in total. The number of piperidine rings is 1. The van der Waals surface area contributed by atoms with Crippen molar-refractivity contribution in [3.8, 4) is 11.5 Å². The molecule has 0 aromatic heterocycles. The van der Waals surface area contributed by atoms with Crippen molar-refractivity contribution in [1.29, 1.82) is 0 Å². The number of aliphatic hydroxyl groups is 1. The average molecular weight is 306 g/mol. The normalized spacial score (nSPS) is 20.5. The summed E-state index contributed by atoms with van der Waals surface area (Å²) in [4.78, 5) is 4.77. The molecule has 2 aliphatic rings. The van der Waals surface area contributed by atoms with E-state index >= 15 is 0 Å². The van der Waals surface area contributed by atoms with E-state index in [1.54, 1.807) is 0 Å². The first kappa shape index (κ1) is 15.6. The lowest BCUT2D eigenvalue weighted by Gasteiger charge is -2.35. The maximum Gasteiger partial charge on any atom is 0.231 e. The van der Waals surface area contributed by atoms with Gasteiger partial charge < -0.3 is 24.4 Å². The van der Waals surface area contributed by atoms with Gasteiger partial charge in [0.25, 0.3) is 0 Å². The van der Waals surface area contributed by atoms with Gasteiger partial charge in [0, 0.05) is 12.6 Å². The molecular formula is C17H26N2O3. The summed E-state index contributed by atoms with van der Waals surface area (Å²) in [6.07, 6.45) is 2.71. The molecule has 2 heterocycles. The third-order valence-corrected chi connectivity index (χ3v) is 4.85. The first-order valence-corrected chi connectivity index (χ1v) is 8.10. The van der Waals surface area contributed by atoms with Crippen molar-refractivity contribution in [2.45, 2.75) is 31.4 Å². The van der Waals surface area contributed by atoms with Gasteiger partial charge in [-0.3, -0.25) is 0 Å². The van der Waals surface area contributed by atoms with Crippen molar-refractivity contribution in [3.05, 3.63) is 23.8 Å². The zero-order valence-electron chi connectivity index (χ0n) is 13.5. The van der Waals surface area contributed by atoms with Crippen LogP contribution in [-0.4, -0.2) is 61.5 Å². The number of nitrogens with zero attached hydrogens (tertiary/aromatic N) is 2. The molecule has 0 saturated carbocycles. The van der Waals surface area contributed by atoms with Crippen LogP contribution in [0, 0.1) is 0 Å². The summed E-state index contributed by atoms with van der Waals surface area (Å²) < 4.78 is 10.7. The summed E-state index contributed by atoms with van der Waals surface area (Å²) in [7, 11) is 4.35. The summed E-state index contributed by atoms with van der Waals surface area (Å²) in [5.41, 5.74) is 0.904. The second kappa shape index (κ2) is 6.86. The summed E-state index contributed by atoms with van der Waals surface area (Å²) in [5, 5.41) is 10.4. The van der Waals surface area contributed by atoms with Crippen LogP contribution in [-0.2, 0) is 0 Å². The van der Waals surface area contributed by atoms with E-state index in [0.717, 1.165) is 30.0 Å². The molecule has 22 heavy (non-hydrogen) atoms. The molecule has 1 aromatic rings. The minimum absolute atomic E-state index is 0.272. The Kier molecular flexibility index (Phi) is 4.86. The Balaban J connectivity index is 1.50. The van der Waals surface area contributed by atoms with E-state index < -0.39 is 6.10 Å². The lowest BCUT2D eigenvalue weighted by Crippen LogP contribution is -2.42. The largest absolute Gasteiger partial charge is 0.454 e. The lowest BCUT2D eigenvalue weighted by molar-refractivity contribution is 0.110. The van der Waals surface area contributed by atoms with Crippen molar-refractivity contribution < 1.29 is 14.6 Å². The number of hydrogen-bond donors (Lipinski definition) is 1. The van der Waals surface area contributed by atoms with Crippen LogP contribution < -0.4 is 9.47 Å². The first-order chi connectivity index (χ1) is 10.6. The van der Waals surface area contributed by atoms with Crippen molar-refractivity contribution in [1.82, 2.24) is 9.80 Å². The summed E-state index contributed by atoms with van der Waals surface area (Å²) >= 11 is 0. The van der Waals surface area contributed by atoms with Gasteiger partial charge in [-0.25, -0.2) is 0 Å². The van der Waals surface area contributed by atoms with Gasteiger partial charge in [0.05, 0.1) is 6.10 Å². The number of benzene rings is 1. The topological polar surface area (TPSA) is 45.2 Å². The van der Waals surface area contributed by atoms with E-state index in [0.29, 0.717) is 6.04 Å². The third kappa shape index (κ3) is 3.54. The molecule has 1 fully saturated rings. The van der Waals surface area contributed by atoms with Gasteiger partial charge in [-0.05, 0) is 64.1 Å². The average Bonchev–Trinajstić information content (AvgIpc) is 3.00. The molecule has 1 atom stereocenters. The molecule has 122 valence electrons. The fraction of sp³-hybridized carbons (Fsp3) is 0.647. The van der Waals surface area contributed by atoms with Crippen LogP contribution in [0.2, 0.25) is 0 Å². The smallest absolute Gasteiger partial charge is 0.231 e. The van der Waals surface area contributed by atoms with Gasteiger partial charge in [-0.2, -0.15) is 0 Å². The van der Waals surface area contributed by atoms with Gasteiger partial charge in [-0.15, -0.1) is 0 Å². The van der Waals surface area contributed by atoms with Crippen LogP contribution in [0.15, 0.2) is 18.2 Å². The minimum Gasteiger partial charge on any atom is -0.454 e. The Bertz CT molecular complexity index is 501. The SMILES string of the molecule is CN1CCC(N(C)CCC(O)c2ccc3c(c2)OCO3)CC1. The molecule has 1 aromatic carbocycles. The third-order valence-electron chi connectivity index (χ3n) is 4.85. The van der Waals surface area contributed by atoms with Gasteiger partial charge >= 0.3 is 0 Å². The summed E-state index contributed by atoms with van der Waals surface area (Å²) in [5.74, 6) is 1.50. The highest BCUT2D eigenvalue weighted by atomic mass is 16.7. The van der Waals surface area contributed by atoms with Gasteiger partial charge in [-0.1, -0.05) is 6.07 Å². The molecular weight excluding hydrogens is 280 g/mol. The molecule has 2 aliphatic heterocycles. The number of rotatable bonds is 5. The van der Waals surface area contributed by atoms with Gasteiger partial charge in [0.2, 0.25) is 6.79 Å². The highest BCUT2D eigenvalue weighted by Crippen LogP contribution is 2.34.